The van der Waals surface area contributed by atoms with E-state index in [1.807, 2.05) is 24.3 Å². The van der Waals surface area contributed by atoms with Gasteiger partial charge in [0.15, 0.2) is 0 Å². The number of benzene rings is 2. The van der Waals surface area contributed by atoms with Gasteiger partial charge in [-0.05, 0) is 55.3 Å². The Morgan fingerprint density at radius 3 is 2.30 bits per heavy atom. The number of nitrogens with zero attached hydrogens (tertiary/aromatic N) is 1. The van der Waals surface area contributed by atoms with Crippen LogP contribution in [-0.4, -0.2) is 37.1 Å². The van der Waals surface area contributed by atoms with Crippen molar-refractivity contribution in [1.82, 2.24) is 10.2 Å². The van der Waals surface area contributed by atoms with Gasteiger partial charge in [-0.1, -0.05) is 23.7 Å². The zero-order valence-electron chi connectivity index (χ0n) is 15.2. The van der Waals surface area contributed by atoms with E-state index < -0.39 is 11.6 Å². The van der Waals surface area contributed by atoms with Crippen molar-refractivity contribution < 1.29 is 19.1 Å². The third-order valence-electron chi connectivity index (χ3n) is 4.55. The van der Waals surface area contributed by atoms with Crippen LogP contribution < -0.4 is 14.8 Å². The van der Waals surface area contributed by atoms with Crippen LogP contribution in [0.4, 0.5) is 4.79 Å². The number of urea groups is 1. The molecule has 142 valence electrons. The summed E-state index contributed by atoms with van der Waals surface area (Å²) in [4.78, 5) is 26.3. The molecule has 0 spiro atoms. The number of carbonyl (C=O) groups is 2. The third-order valence-corrected chi connectivity index (χ3v) is 4.80. The molecule has 1 unspecified atom stereocenters. The van der Waals surface area contributed by atoms with Crippen molar-refractivity contribution in [3.8, 4) is 11.5 Å². The molecule has 0 bridgehead atoms. The van der Waals surface area contributed by atoms with Gasteiger partial charge in [0.2, 0.25) is 0 Å². The SMILES string of the molecule is COc1ccc(OCCCN2C(=O)NC(C)(c3ccc(Cl)cc3)C2=O)cc1. The van der Waals surface area contributed by atoms with E-state index in [0.29, 0.717) is 29.4 Å². The molecule has 6 nitrogen and oxygen atoms in total. The van der Waals surface area contributed by atoms with Crippen molar-refractivity contribution in [2.24, 2.45) is 0 Å². The van der Waals surface area contributed by atoms with Crippen molar-refractivity contribution in [2.75, 3.05) is 20.3 Å². The molecule has 0 saturated carbocycles. The summed E-state index contributed by atoms with van der Waals surface area (Å²) < 4.78 is 10.7. The lowest BCUT2D eigenvalue weighted by atomic mass is 9.92. The number of methoxy groups -OCH3 is 1. The van der Waals surface area contributed by atoms with Gasteiger partial charge in [0.1, 0.15) is 17.0 Å². The molecule has 1 aliphatic heterocycles. The Kier molecular flexibility index (Phi) is 5.56. The highest BCUT2D eigenvalue weighted by atomic mass is 35.5. The Hall–Kier alpha value is -2.73. The lowest BCUT2D eigenvalue weighted by Crippen LogP contribution is -2.41. The van der Waals surface area contributed by atoms with Crippen LogP contribution in [-0.2, 0) is 10.3 Å². The summed E-state index contributed by atoms with van der Waals surface area (Å²) in [7, 11) is 1.60. The molecule has 2 aromatic carbocycles. The molecule has 1 heterocycles. The Morgan fingerprint density at radius 1 is 1.04 bits per heavy atom. The van der Waals surface area contributed by atoms with Gasteiger partial charge in [-0.2, -0.15) is 0 Å². The van der Waals surface area contributed by atoms with Gasteiger partial charge in [-0.15, -0.1) is 0 Å². The van der Waals surface area contributed by atoms with Crippen LogP contribution in [0.1, 0.15) is 18.9 Å². The van der Waals surface area contributed by atoms with E-state index >= 15 is 0 Å². The monoisotopic (exact) mass is 388 g/mol. The molecule has 0 radical (unpaired) electrons. The third kappa shape index (κ3) is 4.01. The fraction of sp³-hybridized carbons (Fsp3) is 0.300. The van der Waals surface area contributed by atoms with Crippen LogP contribution in [0.3, 0.4) is 0 Å². The molecular weight excluding hydrogens is 368 g/mol. The Labute approximate surface area is 163 Å². The quantitative estimate of drug-likeness (QED) is 0.581. The number of hydrogen-bond donors (Lipinski definition) is 1. The predicted octanol–water partition coefficient (Wildman–Crippen LogP) is 3.58. The first-order valence-corrected chi connectivity index (χ1v) is 8.99. The summed E-state index contributed by atoms with van der Waals surface area (Å²) in [5, 5.41) is 3.35. The molecule has 27 heavy (non-hydrogen) atoms. The molecule has 7 heteroatoms. The first-order chi connectivity index (χ1) is 12.9. The van der Waals surface area contributed by atoms with E-state index in [1.54, 1.807) is 38.3 Å². The molecule has 3 rings (SSSR count). The Balaban J connectivity index is 1.56. The van der Waals surface area contributed by atoms with E-state index in [4.69, 9.17) is 21.1 Å². The van der Waals surface area contributed by atoms with E-state index in [9.17, 15) is 9.59 Å². The number of carbonyl (C=O) groups excluding carboxylic acids is 2. The second kappa shape index (κ2) is 7.88. The van der Waals surface area contributed by atoms with Crippen LogP contribution in [0, 0.1) is 0 Å². The highest BCUT2D eigenvalue weighted by Gasteiger charge is 2.48. The van der Waals surface area contributed by atoms with Gasteiger partial charge in [0, 0.05) is 11.6 Å². The normalized spacial score (nSPS) is 19.1. The molecular formula is C20H21ClN2O4. The van der Waals surface area contributed by atoms with Gasteiger partial charge in [-0.25, -0.2) is 4.79 Å². The Bertz CT molecular complexity index is 823. The van der Waals surface area contributed by atoms with E-state index in [-0.39, 0.29) is 12.5 Å². The topological polar surface area (TPSA) is 67.9 Å². The van der Waals surface area contributed by atoms with Crippen LogP contribution in [0.25, 0.3) is 0 Å². The lowest BCUT2D eigenvalue weighted by Gasteiger charge is -2.22. The predicted molar refractivity (Wildman–Crippen MR) is 102 cm³/mol. The number of amides is 3. The number of ether oxygens (including phenoxy) is 2. The maximum Gasteiger partial charge on any atom is 0.325 e. The number of halogens is 1. The van der Waals surface area contributed by atoms with E-state index in [0.717, 1.165) is 5.75 Å². The summed E-state index contributed by atoms with van der Waals surface area (Å²) in [6, 6.07) is 13.7. The van der Waals surface area contributed by atoms with Crippen molar-refractivity contribution in [1.29, 1.82) is 0 Å². The zero-order valence-corrected chi connectivity index (χ0v) is 16.0. The average molecular weight is 389 g/mol. The maximum atomic E-state index is 12.8. The van der Waals surface area contributed by atoms with E-state index in [2.05, 4.69) is 5.32 Å². The lowest BCUT2D eigenvalue weighted by molar-refractivity contribution is -0.131. The number of rotatable bonds is 7. The molecule has 0 aliphatic carbocycles. The van der Waals surface area contributed by atoms with Crippen molar-refractivity contribution in [3.05, 3.63) is 59.1 Å². The van der Waals surface area contributed by atoms with Gasteiger partial charge in [0.05, 0.1) is 13.7 Å². The first-order valence-electron chi connectivity index (χ1n) is 8.61. The molecule has 1 fully saturated rings. The second-order valence-electron chi connectivity index (χ2n) is 6.40. The molecule has 2 aromatic rings. The van der Waals surface area contributed by atoms with Gasteiger partial charge in [0.25, 0.3) is 5.91 Å². The molecule has 3 amide bonds. The second-order valence-corrected chi connectivity index (χ2v) is 6.83. The standard InChI is InChI=1S/C20H21ClN2O4/c1-20(14-4-6-15(21)7-5-14)18(24)23(19(25)22-20)12-3-13-27-17-10-8-16(26-2)9-11-17/h4-11H,3,12-13H2,1-2H3,(H,22,25). The van der Waals surface area contributed by atoms with Gasteiger partial charge < -0.3 is 14.8 Å². The number of imide groups is 1. The minimum Gasteiger partial charge on any atom is -0.497 e. The van der Waals surface area contributed by atoms with Crippen LogP contribution in [0.15, 0.2) is 48.5 Å². The van der Waals surface area contributed by atoms with Crippen molar-refractivity contribution >= 4 is 23.5 Å². The maximum absolute atomic E-state index is 12.8. The van der Waals surface area contributed by atoms with Crippen LogP contribution in [0.2, 0.25) is 5.02 Å². The largest absolute Gasteiger partial charge is 0.497 e. The smallest absolute Gasteiger partial charge is 0.325 e. The molecule has 1 atom stereocenters. The highest BCUT2D eigenvalue weighted by molar-refractivity contribution is 6.30. The van der Waals surface area contributed by atoms with Crippen LogP contribution >= 0.6 is 11.6 Å². The number of nitrogens with one attached hydrogen (secondary N) is 1. The summed E-state index contributed by atoms with van der Waals surface area (Å²) in [5.74, 6) is 1.18. The molecule has 0 aromatic heterocycles. The molecule has 1 aliphatic rings. The summed E-state index contributed by atoms with van der Waals surface area (Å²) >= 11 is 5.91. The van der Waals surface area contributed by atoms with Crippen molar-refractivity contribution in [3.63, 3.8) is 0 Å². The van der Waals surface area contributed by atoms with Gasteiger partial charge >= 0.3 is 6.03 Å². The molecule has 1 saturated heterocycles. The number of hydrogen-bond acceptors (Lipinski definition) is 4. The summed E-state index contributed by atoms with van der Waals surface area (Å²) in [6.45, 7) is 2.37. The minimum absolute atomic E-state index is 0.278. The first kappa shape index (κ1) is 19.0. The minimum atomic E-state index is -1.08. The van der Waals surface area contributed by atoms with E-state index in [1.165, 1.54) is 4.90 Å². The van der Waals surface area contributed by atoms with Crippen LogP contribution in [0.5, 0.6) is 11.5 Å². The fourth-order valence-corrected chi connectivity index (χ4v) is 3.09. The highest BCUT2D eigenvalue weighted by Crippen LogP contribution is 2.29. The summed E-state index contributed by atoms with van der Waals surface area (Å²) in [5.41, 5.74) is -0.388. The Morgan fingerprint density at radius 2 is 1.67 bits per heavy atom. The average Bonchev–Trinajstić information content (AvgIpc) is 2.89. The van der Waals surface area contributed by atoms with Gasteiger partial charge in [-0.3, -0.25) is 9.69 Å². The van der Waals surface area contributed by atoms with Crippen molar-refractivity contribution in [2.45, 2.75) is 18.9 Å². The molecule has 1 N–H and O–H groups in total. The summed E-state index contributed by atoms with van der Waals surface area (Å²) in [6.07, 6.45) is 0.530. The fourth-order valence-electron chi connectivity index (χ4n) is 2.96. The zero-order chi connectivity index (χ0) is 19.4.